The van der Waals surface area contributed by atoms with Gasteiger partial charge in [0.25, 0.3) is 0 Å². The van der Waals surface area contributed by atoms with Crippen LogP contribution in [0.4, 0.5) is 0 Å². The fourth-order valence-corrected chi connectivity index (χ4v) is 2.54. The molecule has 1 aliphatic rings. The standard InChI is InChI=1S/C11H21NO/c1-8(2)11(9(3)4)5-6-12-10(13)7-11/h8-9H,5-7H2,1-4H3,(H,12,13). The quantitative estimate of drug-likeness (QED) is 0.698. The second-order valence-corrected chi connectivity index (χ2v) is 4.82. The lowest BCUT2D eigenvalue weighted by Crippen LogP contribution is -2.46. The predicted molar refractivity (Wildman–Crippen MR) is 54.4 cm³/mol. The van der Waals surface area contributed by atoms with Crippen LogP contribution in [0.25, 0.3) is 0 Å². The third-order valence-corrected chi connectivity index (χ3v) is 3.70. The summed E-state index contributed by atoms with van der Waals surface area (Å²) in [7, 11) is 0. The van der Waals surface area contributed by atoms with Crippen LogP contribution in [-0.2, 0) is 4.79 Å². The molecule has 0 spiro atoms. The Hall–Kier alpha value is -0.530. The molecule has 1 N–H and O–H groups in total. The fraction of sp³-hybridized carbons (Fsp3) is 0.909. The van der Waals surface area contributed by atoms with E-state index in [2.05, 4.69) is 33.0 Å². The van der Waals surface area contributed by atoms with Crippen molar-refractivity contribution in [1.82, 2.24) is 5.32 Å². The van der Waals surface area contributed by atoms with Gasteiger partial charge in [0.15, 0.2) is 0 Å². The summed E-state index contributed by atoms with van der Waals surface area (Å²) >= 11 is 0. The van der Waals surface area contributed by atoms with Gasteiger partial charge in [0.2, 0.25) is 5.91 Å². The Balaban J connectivity index is 2.83. The summed E-state index contributed by atoms with van der Waals surface area (Å²) in [6.07, 6.45) is 1.84. The molecule has 1 aliphatic heterocycles. The van der Waals surface area contributed by atoms with E-state index in [4.69, 9.17) is 0 Å². The fourth-order valence-electron chi connectivity index (χ4n) is 2.54. The van der Waals surface area contributed by atoms with Gasteiger partial charge in [-0.15, -0.1) is 0 Å². The van der Waals surface area contributed by atoms with Gasteiger partial charge in [0.05, 0.1) is 0 Å². The highest BCUT2D eigenvalue weighted by Gasteiger charge is 2.40. The van der Waals surface area contributed by atoms with Crippen molar-refractivity contribution >= 4 is 5.91 Å². The Labute approximate surface area is 81.1 Å². The molecule has 0 aromatic carbocycles. The molecule has 1 amide bonds. The molecule has 1 saturated heterocycles. The number of carbonyl (C=O) groups is 1. The minimum Gasteiger partial charge on any atom is -0.356 e. The van der Waals surface area contributed by atoms with Gasteiger partial charge >= 0.3 is 0 Å². The molecule has 1 rings (SSSR count). The average molecular weight is 183 g/mol. The van der Waals surface area contributed by atoms with Crippen molar-refractivity contribution in [3.63, 3.8) is 0 Å². The van der Waals surface area contributed by atoms with Crippen LogP contribution in [0, 0.1) is 17.3 Å². The van der Waals surface area contributed by atoms with E-state index in [1.54, 1.807) is 0 Å². The zero-order chi connectivity index (χ0) is 10.1. The molecular weight excluding hydrogens is 162 g/mol. The Bertz CT molecular complexity index is 188. The third kappa shape index (κ3) is 1.87. The van der Waals surface area contributed by atoms with Gasteiger partial charge in [-0.1, -0.05) is 27.7 Å². The highest BCUT2D eigenvalue weighted by Crippen LogP contribution is 2.43. The van der Waals surface area contributed by atoms with Crippen LogP contribution in [-0.4, -0.2) is 12.5 Å². The Morgan fingerprint density at radius 1 is 1.23 bits per heavy atom. The van der Waals surface area contributed by atoms with Crippen LogP contribution in [0.2, 0.25) is 0 Å². The van der Waals surface area contributed by atoms with Crippen LogP contribution in [0.15, 0.2) is 0 Å². The molecule has 0 unspecified atom stereocenters. The summed E-state index contributed by atoms with van der Waals surface area (Å²) in [5.74, 6) is 1.42. The van der Waals surface area contributed by atoms with Gasteiger partial charge in [-0.3, -0.25) is 4.79 Å². The van der Waals surface area contributed by atoms with E-state index in [1.165, 1.54) is 0 Å². The zero-order valence-electron chi connectivity index (χ0n) is 9.18. The molecule has 13 heavy (non-hydrogen) atoms. The molecule has 0 atom stereocenters. The maximum absolute atomic E-state index is 11.4. The minimum absolute atomic E-state index is 0.230. The number of amides is 1. The normalized spacial score (nSPS) is 22.2. The minimum atomic E-state index is 0.230. The van der Waals surface area contributed by atoms with Gasteiger partial charge in [-0.25, -0.2) is 0 Å². The summed E-state index contributed by atoms with van der Waals surface area (Å²) in [6.45, 7) is 9.80. The molecule has 2 nitrogen and oxygen atoms in total. The molecule has 0 aliphatic carbocycles. The second kappa shape index (κ2) is 3.69. The van der Waals surface area contributed by atoms with Crippen molar-refractivity contribution in [3.8, 4) is 0 Å². The molecule has 0 aromatic rings. The van der Waals surface area contributed by atoms with Crippen molar-refractivity contribution in [3.05, 3.63) is 0 Å². The van der Waals surface area contributed by atoms with E-state index in [-0.39, 0.29) is 11.3 Å². The Kier molecular flexibility index (Phi) is 2.99. The van der Waals surface area contributed by atoms with Gasteiger partial charge < -0.3 is 5.32 Å². The number of piperidine rings is 1. The SMILES string of the molecule is CC(C)C1(C(C)C)CCNC(=O)C1. The molecule has 2 heteroatoms. The predicted octanol–water partition coefficient (Wildman–Crippen LogP) is 2.19. The zero-order valence-corrected chi connectivity index (χ0v) is 9.18. The van der Waals surface area contributed by atoms with Gasteiger partial charge in [0, 0.05) is 13.0 Å². The largest absolute Gasteiger partial charge is 0.356 e. The van der Waals surface area contributed by atoms with E-state index < -0.39 is 0 Å². The van der Waals surface area contributed by atoms with Gasteiger partial charge in [-0.2, -0.15) is 0 Å². The molecule has 76 valence electrons. The summed E-state index contributed by atoms with van der Waals surface area (Å²) in [4.78, 5) is 11.4. The number of rotatable bonds is 2. The summed E-state index contributed by atoms with van der Waals surface area (Å²) < 4.78 is 0. The van der Waals surface area contributed by atoms with E-state index in [9.17, 15) is 4.79 Å². The number of hydrogen-bond donors (Lipinski definition) is 1. The Morgan fingerprint density at radius 2 is 1.77 bits per heavy atom. The van der Waals surface area contributed by atoms with Crippen LogP contribution in [0.5, 0.6) is 0 Å². The second-order valence-electron chi connectivity index (χ2n) is 4.82. The van der Waals surface area contributed by atoms with E-state index in [0.717, 1.165) is 13.0 Å². The first-order valence-corrected chi connectivity index (χ1v) is 5.26. The third-order valence-electron chi connectivity index (χ3n) is 3.70. The topological polar surface area (TPSA) is 29.1 Å². The number of carbonyl (C=O) groups excluding carboxylic acids is 1. The van der Waals surface area contributed by atoms with E-state index >= 15 is 0 Å². The van der Waals surface area contributed by atoms with Crippen molar-refractivity contribution < 1.29 is 4.79 Å². The molecule has 0 aromatic heterocycles. The first-order chi connectivity index (χ1) is 5.99. The maximum Gasteiger partial charge on any atom is 0.220 e. The van der Waals surface area contributed by atoms with Crippen LogP contribution in [0.1, 0.15) is 40.5 Å². The van der Waals surface area contributed by atoms with Crippen molar-refractivity contribution in [1.29, 1.82) is 0 Å². The highest BCUT2D eigenvalue weighted by molar-refractivity contribution is 5.77. The number of nitrogens with one attached hydrogen (secondary N) is 1. The summed E-state index contributed by atoms with van der Waals surface area (Å²) in [5, 5.41) is 2.91. The number of hydrogen-bond acceptors (Lipinski definition) is 1. The lowest BCUT2D eigenvalue weighted by molar-refractivity contribution is -0.128. The maximum atomic E-state index is 11.4. The molecular formula is C11H21NO. The summed E-state index contributed by atoms with van der Waals surface area (Å²) in [5.41, 5.74) is 0.238. The highest BCUT2D eigenvalue weighted by atomic mass is 16.1. The lowest BCUT2D eigenvalue weighted by atomic mass is 9.63. The lowest BCUT2D eigenvalue weighted by Gasteiger charge is -2.44. The van der Waals surface area contributed by atoms with Crippen molar-refractivity contribution in [2.45, 2.75) is 40.5 Å². The van der Waals surface area contributed by atoms with Crippen LogP contribution >= 0.6 is 0 Å². The summed E-state index contributed by atoms with van der Waals surface area (Å²) in [6, 6.07) is 0. The van der Waals surface area contributed by atoms with E-state index in [0.29, 0.717) is 18.3 Å². The van der Waals surface area contributed by atoms with Crippen LogP contribution < -0.4 is 5.32 Å². The molecule has 0 saturated carbocycles. The van der Waals surface area contributed by atoms with Crippen molar-refractivity contribution in [2.24, 2.45) is 17.3 Å². The Morgan fingerprint density at radius 3 is 2.08 bits per heavy atom. The van der Waals surface area contributed by atoms with Crippen LogP contribution in [0.3, 0.4) is 0 Å². The molecule has 1 fully saturated rings. The molecule has 1 heterocycles. The first-order valence-electron chi connectivity index (χ1n) is 5.26. The van der Waals surface area contributed by atoms with Crippen molar-refractivity contribution in [2.75, 3.05) is 6.54 Å². The smallest absolute Gasteiger partial charge is 0.220 e. The molecule has 0 bridgehead atoms. The van der Waals surface area contributed by atoms with Gasteiger partial charge in [0.1, 0.15) is 0 Å². The first kappa shape index (κ1) is 10.6. The monoisotopic (exact) mass is 183 g/mol. The molecule has 0 radical (unpaired) electrons. The van der Waals surface area contributed by atoms with Gasteiger partial charge in [-0.05, 0) is 23.7 Å². The average Bonchev–Trinajstić information content (AvgIpc) is 2.03. The van der Waals surface area contributed by atoms with E-state index in [1.807, 2.05) is 0 Å².